The summed E-state index contributed by atoms with van der Waals surface area (Å²) in [6, 6.07) is 2.22. The Balaban J connectivity index is 3.11. The van der Waals surface area contributed by atoms with E-state index in [1.165, 1.54) is 11.8 Å². The maximum atomic E-state index is 13.2. The highest BCUT2D eigenvalue weighted by Crippen LogP contribution is 2.23. The van der Waals surface area contributed by atoms with E-state index < -0.39 is 11.6 Å². The molecular formula is C9H6F2IN3S. The van der Waals surface area contributed by atoms with Crippen molar-refractivity contribution in [1.82, 2.24) is 5.32 Å². The van der Waals surface area contributed by atoms with Crippen LogP contribution in [0.2, 0.25) is 0 Å². The summed E-state index contributed by atoms with van der Waals surface area (Å²) in [5.74, 6) is -1.34. The van der Waals surface area contributed by atoms with Crippen LogP contribution in [-0.4, -0.2) is 11.4 Å². The third-order valence-corrected chi connectivity index (χ3v) is 3.17. The Morgan fingerprint density at radius 2 is 2.06 bits per heavy atom. The topological polar surface area (TPSA) is 48.2 Å². The van der Waals surface area contributed by atoms with Crippen molar-refractivity contribution in [2.24, 2.45) is 4.99 Å². The summed E-state index contributed by atoms with van der Waals surface area (Å²) in [5, 5.41) is 11.0. The third-order valence-electron chi connectivity index (χ3n) is 1.56. The van der Waals surface area contributed by atoms with Gasteiger partial charge in [-0.25, -0.2) is 13.8 Å². The molecule has 0 aliphatic heterocycles. The van der Waals surface area contributed by atoms with Gasteiger partial charge in [-0.3, -0.25) is 5.32 Å². The molecule has 0 heterocycles. The molecule has 0 amide bonds. The second kappa shape index (κ2) is 6.00. The van der Waals surface area contributed by atoms with Crippen LogP contribution in [-0.2, 0) is 0 Å². The minimum atomic E-state index is -0.670. The van der Waals surface area contributed by atoms with Crippen molar-refractivity contribution in [3.63, 3.8) is 0 Å². The largest absolute Gasteiger partial charge is 0.271 e. The van der Waals surface area contributed by atoms with Crippen LogP contribution in [0.25, 0.3) is 0 Å². The SMILES string of the molecule is CSC(=Nc1cc(F)c(I)c(F)c1)NC#N. The highest BCUT2D eigenvalue weighted by Gasteiger charge is 2.08. The number of rotatable bonds is 1. The van der Waals surface area contributed by atoms with E-state index in [4.69, 9.17) is 5.26 Å². The second-order valence-corrected chi connectivity index (χ2v) is 4.45. The average molecular weight is 353 g/mol. The van der Waals surface area contributed by atoms with Crippen LogP contribution >= 0.6 is 34.4 Å². The van der Waals surface area contributed by atoms with Crippen LogP contribution in [0.1, 0.15) is 0 Å². The van der Waals surface area contributed by atoms with Crippen LogP contribution < -0.4 is 5.32 Å². The fraction of sp³-hybridized carbons (Fsp3) is 0.111. The summed E-state index contributed by atoms with van der Waals surface area (Å²) in [6.45, 7) is 0. The zero-order valence-electron chi connectivity index (χ0n) is 8.09. The van der Waals surface area contributed by atoms with Crippen LogP contribution in [0.5, 0.6) is 0 Å². The van der Waals surface area contributed by atoms with Crippen LogP contribution in [0.4, 0.5) is 14.5 Å². The van der Waals surface area contributed by atoms with E-state index in [1.54, 1.807) is 35.0 Å². The number of benzene rings is 1. The maximum Gasteiger partial charge on any atom is 0.183 e. The van der Waals surface area contributed by atoms with E-state index in [2.05, 4.69) is 10.3 Å². The van der Waals surface area contributed by atoms with Gasteiger partial charge in [-0.05, 0) is 28.8 Å². The number of hydrogen-bond donors (Lipinski definition) is 1. The quantitative estimate of drug-likeness (QED) is 0.211. The maximum absolute atomic E-state index is 13.2. The van der Waals surface area contributed by atoms with Gasteiger partial charge in [-0.1, -0.05) is 11.8 Å². The highest BCUT2D eigenvalue weighted by molar-refractivity contribution is 14.1. The fourth-order valence-electron chi connectivity index (χ4n) is 0.896. The Hall–Kier alpha value is -0.880. The molecule has 0 aliphatic carbocycles. The molecule has 16 heavy (non-hydrogen) atoms. The predicted octanol–water partition coefficient (Wildman–Crippen LogP) is 2.99. The van der Waals surface area contributed by atoms with Crippen molar-refractivity contribution in [3.8, 4) is 6.19 Å². The Labute approximate surface area is 109 Å². The normalized spacial score (nSPS) is 11.1. The van der Waals surface area contributed by atoms with Gasteiger partial charge in [0.05, 0.1) is 9.26 Å². The molecule has 84 valence electrons. The van der Waals surface area contributed by atoms with Gasteiger partial charge in [0.25, 0.3) is 0 Å². The zero-order valence-corrected chi connectivity index (χ0v) is 11.1. The molecule has 3 nitrogen and oxygen atoms in total. The van der Waals surface area contributed by atoms with Gasteiger partial charge in [-0.15, -0.1) is 0 Å². The number of aliphatic imine (C=N–C) groups is 1. The van der Waals surface area contributed by atoms with Gasteiger partial charge in [0.2, 0.25) is 0 Å². The first-order valence-corrected chi connectivity index (χ1v) is 6.31. The molecule has 0 spiro atoms. The van der Waals surface area contributed by atoms with Gasteiger partial charge >= 0.3 is 0 Å². The molecule has 1 N–H and O–H groups in total. The molecule has 0 unspecified atom stereocenters. The number of halogens is 3. The lowest BCUT2D eigenvalue weighted by Gasteiger charge is -2.02. The van der Waals surface area contributed by atoms with E-state index in [0.29, 0.717) is 0 Å². The second-order valence-electron chi connectivity index (χ2n) is 2.58. The van der Waals surface area contributed by atoms with Gasteiger partial charge in [0, 0.05) is 12.1 Å². The molecular weight excluding hydrogens is 347 g/mol. The summed E-state index contributed by atoms with van der Waals surface area (Å²) in [4.78, 5) is 3.89. The molecule has 0 bridgehead atoms. The molecule has 0 saturated heterocycles. The Kier molecular flexibility index (Phi) is 4.95. The summed E-state index contributed by atoms with van der Waals surface area (Å²) in [6.07, 6.45) is 3.39. The molecule has 0 radical (unpaired) electrons. The minimum Gasteiger partial charge on any atom is -0.271 e. The van der Waals surface area contributed by atoms with Crippen LogP contribution in [0.15, 0.2) is 17.1 Å². The number of hydrogen-bond acceptors (Lipinski definition) is 3. The summed E-state index contributed by atoms with van der Waals surface area (Å²) in [5.41, 5.74) is 0.127. The van der Waals surface area contributed by atoms with Crippen LogP contribution in [0.3, 0.4) is 0 Å². The Bertz CT molecular complexity index is 447. The van der Waals surface area contributed by atoms with Gasteiger partial charge in [0.15, 0.2) is 11.4 Å². The van der Waals surface area contributed by atoms with Gasteiger partial charge in [0.1, 0.15) is 11.6 Å². The van der Waals surface area contributed by atoms with E-state index in [-0.39, 0.29) is 14.4 Å². The van der Waals surface area contributed by atoms with Crippen molar-refractivity contribution >= 4 is 45.2 Å². The molecule has 0 aliphatic rings. The van der Waals surface area contributed by atoms with E-state index in [9.17, 15) is 8.78 Å². The molecule has 1 aromatic carbocycles. The van der Waals surface area contributed by atoms with Crippen molar-refractivity contribution in [1.29, 1.82) is 5.26 Å². The highest BCUT2D eigenvalue weighted by atomic mass is 127. The third kappa shape index (κ3) is 3.31. The number of thioether (sulfide) groups is 1. The molecule has 1 rings (SSSR count). The van der Waals surface area contributed by atoms with Crippen molar-refractivity contribution in [2.75, 3.05) is 6.26 Å². The Morgan fingerprint density at radius 3 is 2.50 bits per heavy atom. The number of nitriles is 1. The van der Waals surface area contributed by atoms with Crippen LogP contribution in [0, 0.1) is 26.7 Å². The van der Waals surface area contributed by atoms with E-state index in [1.807, 2.05) is 0 Å². The predicted molar refractivity (Wildman–Crippen MR) is 68.4 cm³/mol. The standard InChI is InChI=1S/C9H6F2IN3S/c1-16-9(14-4-13)15-5-2-6(10)8(12)7(11)3-5/h2-3H,1H3,(H,14,15). The first-order valence-electron chi connectivity index (χ1n) is 4.00. The smallest absolute Gasteiger partial charge is 0.183 e. The lowest BCUT2D eigenvalue weighted by molar-refractivity contribution is 0.571. The Morgan fingerprint density at radius 1 is 1.50 bits per heavy atom. The van der Waals surface area contributed by atoms with E-state index >= 15 is 0 Å². The summed E-state index contributed by atoms with van der Waals surface area (Å²) in [7, 11) is 0. The number of nitrogens with zero attached hydrogens (tertiary/aromatic N) is 2. The fourth-order valence-corrected chi connectivity index (χ4v) is 1.55. The first kappa shape index (κ1) is 13.2. The van der Waals surface area contributed by atoms with Gasteiger partial charge in [-0.2, -0.15) is 5.26 Å². The molecule has 0 aromatic heterocycles. The lowest BCUT2D eigenvalue weighted by atomic mass is 10.3. The molecule has 0 saturated carbocycles. The zero-order chi connectivity index (χ0) is 12.1. The average Bonchev–Trinajstić information content (AvgIpc) is 2.25. The first-order chi connectivity index (χ1) is 7.58. The lowest BCUT2D eigenvalue weighted by Crippen LogP contribution is -2.12. The molecule has 1 aromatic rings. The summed E-state index contributed by atoms with van der Waals surface area (Å²) < 4.78 is 26.3. The van der Waals surface area contributed by atoms with Crippen molar-refractivity contribution < 1.29 is 8.78 Å². The molecule has 0 atom stereocenters. The monoisotopic (exact) mass is 353 g/mol. The van der Waals surface area contributed by atoms with Crippen molar-refractivity contribution in [2.45, 2.75) is 0 Å². The number of amidine groups is 1. The minimum absolute atomic E-state index is 0.0736. The van der Waals surface area contributed by atoms with Gasteiger partial charge < -0.3 is 0 Å². The van der Waals surface area contributed by atoms with Crippen molar-refractivity contribution in [3.05, 3.63) is 27.3 Å². The molecule has 0 fully saturated rings. The summed E-state index contributed by atoms with van der Waals surface area (Å²) >= 11 is 2.75. The number of nitrogens with one attached hydrogen (secondary N) is 1. The molecule has 7 heteroatoms. The van der Waals surface area contributed by atoms with E-state index in [0.717, 1.165) is 12.1 Å².